The first-order valence-electron chi connectivity index (χ1n) is 14.5. The summed E-state index contributed by atoms with van der Waals surface area (Å²) < 4.78 is 6.05. The van der Waals surface area contributed by atoms with Gasteiger partial charge in [-0.25, -0.2) is 9.97 Å². The van der Waals surface area contributed by atoms with Crippen LogP contribution in [-0.4, -0.2) is 38.2 Å². The predicted molar refractivity (Wildman–Crippen MR) is 164 cm³/mol. The number of nitrogens with zero attached hydrogens (tertiary/aromatic N) is 3. The minimum absolute atomic E-state index is 0.126. The number of para-hydroxylation sites is 1. The number of nitrogens with one attached hydrogen (secondary N) is 1. The van der Waals surface area contributed by atoms with Crippen molar-refractivity contribution >= 4 is 22.4 Å². The summed E-state index contributed by atoms with van der Waals surface area (Å²) in [5.74, 6) is 2.41. The molecular weight excluding hydrogens is 508 g/mol. The van der Waals surface area contributed by atoms with Crippen LogP contribution in [0.15, 0.2) is 97.3 Å². The summed E-state index contributed by atoms with van der Waals surface area (Å²) >= 11 is 0. The molecule has 0 radical (unpaired) electrons. The van der Waals surface area contributed by atoms with Gasteiger partial charge in [-0.15, -0.1) is 0 Å². The molecule has 0 aliphatic carbocycles. The average Bonchev–Trinajstić information content (AvgIpc) is 3.22. The van der Waals surface area contributed by atoms with Crippen molar-refractivity contribution in [2.75, 3.05) is 5.32 Å². The molecule has 2 fully saturated rings. The van der Waals surface area contributed by atoms with Gasteiger partial charge in [0.05, 0.1) is 11.6 Å². The summed E-state index contributed by atoms with van der Waals surface area (Å²) in [6, 6.07) is 32.2. The molecule has 0 spiro atoms. The Labute approximate surface area is 240 Å². The number of aliphatic hydroxyl groups excluding tert-OH is 1. The third-order valence-corrected chi connectivity index (χ3v) is 8.56. The van der Waals surface area contributed by atoms with Crippen LogP contribution in [0.4, 0.5) is 11.5 Å². The zero-order valence-corrected chi connectivity index (χ0v) is 23.2. The number of hydrogen-bond acceptors (Lipinski definition) is 6. The Morgan fingerprint density at radius 1 is 0.854 bits per heavy atom. The average molecular weight is 543 g/mol. The standard InChI is InChI=1S/C35H34N4O2/c1-23-17-27(12-16-34(23)41-31-5-3-2-4-6-31)38-35-32-18-26(11-15-33(32)36-22-37-35)25-9-7-24(8-10-25)21-39-28-13-14-29(39)20-30(40)19-28/h2-12,15-18,22,28-30,40H,13-14,19-21H2,1H3,(H,36,37,38). The van der Waals surface area contributed by atoms with Crippen LogP contribution in [0.2, 0.25) is 0 Å². The van der Waals surface area contributed by atoms with Crippen LogP contribution >= 0.6 is 0 Å². The van der Waals surface area contributed by atoms with Gasteiger partial charge in [0.2, 0.25) is 0 Å². The van der Waals surface area contributed by atoms with E-state index in [4.69, 9.17) is 4.74 Å². The van der Waals surface area contributed by atoms with Crippen molar-refractivity contribution in [2.24, 2.45) is 0 Å². The molecule has 7 rings (SSSR count). The van der Waals surface area contributed by atoms with Gasteiger partial charge < -0.3 is 15.2 Å². The highest BCUT2D eigenvalue weighted by atomic mass is 16.5. The van der Waals surface area contributed by atoms with E-state index >= 15 is 0 Å². The molecule has 3 heterocycles. The van der Waals surface area contributed by atoms with Crippen molar-refractivity contribution < 1.29 is 9.84 Å². The van der Waals surface area contributed by atoms with Crippen LogP contribution in [0, 0.1) is 6.92 Å². The van der Waals surface area contributed by atoms with Crippen LogP contribution in [-0.2, 0) is 6.54 Å². The van der Waals surface area contributed by atoms with Crippen molar-refractivity contribution in [1.82, 2.24) is 14.9 Å². The van der Waals surface area contributed by atoms with Crippen LogP contribution in [0.25, 0.3) is 22.0 Å². The number of benzene rings is 4. The number of aliphatic hydroxyl groups is 1. The number of ether oxygens (including phenoxy) is 1. The molecule has 206 valence electrons. The fourth-order valence-corrected chi connectivity index (χ4v) is 6.45. The molecule has 2 unspecified atom stereocenters. The van der Waals surface area contributed by atoms with E-state index in [0.717, 1.165) is 64.4 Å². The first kappa shape index (κ1) is 25.7. The molecule has 0 amide bonds. The smallest absolute Gasteiger partial charge is 0.141 e. The van der Waals surface area contributed by atoms with Gasteiger partial charge in [-0.3, -0.25) is 4.90 Å². The van der Waals surface area contributed by atoms with E-state index in [1.807, 2.05) is 49.4 Å². The van der Waals surface area contributed by atoms with E-state index in [1.54, 1.807) is 6.33 Å². The van der Waals surface area contributed by atoms with E-state index in [9.17, 15) is 5.11 Å². The fraction of sp³-hybridized carbons (Fsp3) is 0.257. The maximum atomic E-state index is 10.1. The summed E-state index contributed by atoms with van der Waals surface area (Å²) in [5.41, 5.74) is 6.49. The lowest BCUT2D eigenvalue weighted by molar-refractivity contribution is 0.0310. The number of hydrogen-bond donors (Lipinski definition) is 2. The minimum Gasteiger partial charge on any atom is -0.457 e. The van der Waals surface area contributed by atoms with Gasteiger partial charge in [0.1, 0.15) is 23.6 Å². The third kappa shape index (κ3) is 5.41. The Bertz CT molecular complexity index is 1660. The van der Waals surface area contributed by atoms with Crippen LogP contribution in [0.1, 0.15) is 36.8 Å². The molecule has 4 aromatic carbocycles. The molecule has 6 nitrogen and oxygen atoms in total. The number of rotatable bonds is 7. The lowest BCUT2D eigenvalue weighted by Gasteiger charge is -2.37. The van der Waals surface area contributed by atoms with Crippen molar-refractivity contribution in [3.05, 3.63) is 108 Å². The van der Waals surface area contributed by atoms with E-state index in [1.165, 1.54) is 24.0 Å². The van der Waals surface area contributed by atoms with Crippen LogP contribution < -0.4 is 10.1 Å². The van der Waals surface area contributed by atoms with Crippen LogP contribution in [0.3, 0.4) is 0 Å². The highest BCUT2D eigenvalue weighted by molar-refractivity contribution is 5.93. The summed E-state index contributed by atoms with van der Waals surface area (Å²) in [6.07, 6.45) is 5.72. The number of anilines is 2. The molecule has 2 saturated heterocycles. The van der Waals surface area contributed by atoms with Gasteiger partial charge in [0, 0.05) is 29.7 Å². The van der Waals surface area contributed by atoms with Gasteiger partial charge >= 0.3 is 0 Å². The molecule has 0 saturated carbocycles. The van der Waals surface area contributed by atoms with Gasteiger partial charge in [-0.2, -0.15) is 0 Å². The second-order valence-corrected chi connectivity index (χ2v) is 11.4. The van der Waals surface area contributed by atoms with E-state index < -0.39 is 0 Å². The molecule has 1 aromatic heterocycles. The lowest BCUT2D eigenvalue weighted by atomic mass is 9.98. The van der Waals surface area contributed by atoms with Crippen molar-refractivity contribution in [1.29, 1.82) is 0 Å². The molecule has 2 aliphatic heterocycles. The normalized spacial score (nSPS) is 20.3. The predicted octanol–water partition coefficient (Wildman–Crippen LogP) is 7.63. The molecule has 2 atom stereocenters. The van der Waals surface area contributed by atoms with Crippen molar-refractivity contribution in [2.45, 2.75) is 57.3 Å². The molecule has 2 N–H and O–H groups in total. The van der Waals surface area contributed by atoms with Gasteiger partial charge in [0.25, 0.3) is 0 Å². The maximum absolute atomic E-state index is 10.1. The quantitative estimate of drug-likeness (QED) is 0.220. The number of aryl methyl sites for hydroxylation is 1. The molecule has 2 bridgehead atoms. The number of fused-ring (bicyclic) bond motifs is 3. The Morgan fingerprint density at radius 2 is 1.61 bits per heavy atom. The minimum atomic E-state index is -0.126. The Kier molecular flexibility index (Phi) is 6.87. The number of piperidine rings is 1. The Hall–Kier alpha value is -4.26. The number of aromatic nitrogens is 2. The molecule has 5 aromatic rings. The highest BCUT2D eigenvalue weighted by Gasteiger charge is 2.39. The lowest BCUT2D eigenvalue weighted by Crippen LogP contribution is -2.44. The molecular formula is C35H34N4O2. The summed E-state index contributed by atoms with van der Waals surface area (Å²) in [4.78, 5) is 11.7. The second-order valence-electron chi connectivity index (χ2n) is 11.4. The largest absolute Gasteiger partial charge is 0.457 e. The Balaban J connectivity index is 1.10. The Morgan fingerprint density at radius 3 is 2.37 bits per heavy atom. The van der Waals surface area contributed by atoms with Crippen molar-refractivity contribution in [3.63, 3.8) is 0 Å². The van der Waals surface area contributed by atoms with E-state index in [0.29, 0.717) is 12.1 Å². The van der Waals surface area contributed by atoms with E-state index in [-0.39, 0.29) is 6.10 Å². The van der Waals surface area contributed by atoms with Gasteiger partial charge in [-0.1, -0.05) is 48.5 Å². The zero-order chi connectivity index (χ0) is 27.8. The second kappa shape index (κ2) is 11.0. The maximum Gasteiger partial charge on any atom is 0.141 e. The zero-order valence-electron chi connectivity index (χ0n) is 23.2. The van der Waals surface area contributed by atoms with Gasteiger partial charge in [-0.05, 0) is 97.3 Å². The SMILES string of the molecule is Cc1cc(Nc2ncnc3ccc(-c4ccc(CN5C6CCC5CC(O)C6)cc4)cc23)ccc1Oc1ccccc1. The topological polar surface area (TPSA) is 70.5 Å². The van der Waals surface area contributed by atoms with Crippen molar-refractivity contribution in [3.8, 4) is 22.6 Å². The summed E-state index contributed by atoms with van der Waals surface area (Å²) in [5, 5.41) is 14.6. The first-order valence-corrected chi connectivity index (χ1v) is 14.5. The fourth-order valence-electron chi connectivity index (χ4n) is 6.45. The highest BCUT2D eigenvalue weighted by Crippen LogP contribution is 2.37. The third-order valence-electron chi connectivity index (χ3n) is 8.56. The van der Waals surface area contributed by atoms with Gasteiger partial charge in [0.15, 0.2) is 0 Å². The first-order chi connectivity index (χ1) is 20.1. The summed E-state index contributed by atoms with van der Waals surface area (Å²) in [6.45, 7) is 3.00. The van der Waals surface area contributed by atoms with Crippen LogP contribution in [0.5, 0.6) is 11.5 Å². The molecule has 2 aliphatic rings. The molecule has 6 heteroatoms. The monoisotopic (exact) mass is 542 g/mol. The summed E-state index contributed by atoms with van der Waals surface area (Å²) in [7, 11) is 0. The van der Waals surface area contributed by atoms with E-state index in [2.05, 4.69) is 68.7 Å². The molecule has 41 heavy (non-hydrogen) atoms.